The summed E-state index contributed by atoms with van der Waals surface area (Å²) in [6.45, 7) is 4.46. The largest absolute Gasteiger partial charge is 0.365 e. The van der Waals surface area contributed by atoms with Crippen LogP contribution >= 0.6 is 0 Å². The summed E-state index contributed by atoms with van der Waals surface area (Å²) in [7, 11) is 0. The molecule has 1 saturated carbocycles. The minimum Gasteiger partial charge on any atom is -0.365 e. The van der Waals surface area contributed by atoms with Crippen LogP contribution < -0.4 is 5.32 Å². The number of hydrogen-bond donors (Lipinski definition) is 1. The number of halogens is 1. The Morgan fingerprint density at radius 1 is 1.32 bits per heavy atom. The molecule has 0 aliphatic heterocycles. The van der Waals surface area contributed by atoms with Crippen molar-refractivity contribution in [3.63, 3.8) is 0 Å². The first-order chi connectivity index (χ1) is 9.06. The maximum Gasteiger partial charge on any atom is 0.146 e. The highest BCUT2D eigenvalue weighted by Gasteiger charge is 2.36. The molecule has 1 aliphatic rings. The van der Waals surface area contributed by atoms with Crippen LogP contribution in [0.1, 0.15) is 39.5 Å². The molecule has 0 unspecified atom stereocenters. The Hall–Kier alpha value is -1.56. The van der Waals surface area contributed by atoms with Gasteiger partial charge in [0.15, 0.2) is 0 Å². The van der Waals surface area contributed by atoms with Gasteiger partial charge in [0.25, 0.3) is 0 Å². The number of rotatable bonds is 3. The van der Waals surface area contributed by atoms with E-state index in [1.807, 2.05) is 0 Å². The predicted molar refractivity (Wildman–Crippen MR) is 75.2 cm³/mol. The molecule has 1 aromatic rings. The molecule has 0 amide bonds. The van der Waals surface area contributed by atoms with Crippen molar-refractivity contribution >= 4 is 5.69 Å². The Morgan fingerprint density at radius 2 is 1.95 bits per heavy atom. The van der Waals surface area contributed by atoms with Gasteiger partial charge in [-0.1, -0.05) is 26.0 Å². The molecule has 19 heavy (non-hydrogen) atoms. The van der Waals surface area contributed by atoms with Crippen LogP contribution in [0.25, 0.3) is 0 Å². The summed E-state index contributed by atoms with van der Waals surface area (Å²) in [6.07, 6.45) is 3.65. The minimum atomic E-state index is -0.604. The highest BCUT2D eigenvalue weighted by molar-refractivity contribution is 5.49. The fraction of sp³-hybridized carbons (Fsp3) is 0.562. The molecular formula is C16H21FN2. The van der Waals surface area contributed by atoms with E-state index in [1.54, 1.807) is 18.2 Å². The normalized spacial score (nSPS) is 27.0. The molecule has 102 valence electrons. The van der Waals surface area contributed by atoms with Gasteiger partial charge in [-0.2, -0.15) is 5.26 Å². The maximum absolute atomic E-state index is 13.7. The van der Waals surface area contributed by atoms with Crippen LogP contribution in [0.15, 0.2) is 24.3 Å². The van der Waals surface area contributed by atoms with Gasteiger partial charge in [-0.25, -0.2) is 4.39 Å². The van der Waals surface area contributed by atoms with Gasteiger partial charge < -0.3 is 5.32 Å². The Labute approximate surface area is 114 Å². The highest BCUT2D eigenvalue weighted by Crippen LogP contribution is 2.37. The van der Waals surface area contributed by atoms with Crippen molar-refractivity contribution in [2.45, 2.75) is 45.1 Å². The van der Waals surface area contributed by atoms with Gasteiger partial charge >= 0.3 is 0 Å². The van der Waals surface area contributed by atoms with Crippen molar-refractivity contribution in [3.8, 4) is 6.07 Å². The zero-order valence-electron chi connectivity index (χ0n) is 11.6. The van der Waals surface area contributed by atoms with E-state index in [4.69, 9.17) is 0 Å². The molecule has 1 aromatic carbocycles. The lowest BCUT2D eigenvalue weighted by Gasteiger charge is -2.37. The molecule has 2 nitrogen and oxygen atoms in total. The van der Waals surface area contributed by atoms with E-state index in [0.29, 0.717) is 17.5 Å². The van der Waals surface area contributed by atoms with E-state index >= 15 is 0 Å². The van der Waals surface area contributed by atoms with E-state index in [2.05, 4.69) is 25.2 Å². The van der Waals surface area contributed by atoms with Crippen LogP contribution in [0.4, 0.5) is 10.1 Å². The maximum atomic E-state index is 13.7. The van der Waals surface area contributed by atoms with E-state index < -0.39 is 5.54 Å². The lowest BCUT2D eigenvalue weighted by Crippen LogP contribution is -2.41. The molecule has 2 rings (SSSR count). The van der Waals surface area contributed by atoms with Crippen molar-refractivity contribution < 1.29 is 4.39 Å². The third-order valence-corrected chi connectivity index (χ3v) is 4.29. The van der Waals surface area contributed by atoms with Gasteiger partial charge in [0.1, 0.15) is 11.4 Å². The molecule has 1 aliphatic carbocycles. The second-order valence-corrected chi connectivity index (χ2v) is 5.88. The van der Waals surface area contributed by atoms with E-state index in [9.17, 15) is 9.65 Å². The topological polar surface area (TPSA) is 35.8 Å². The molecule has 1 fully saturated rings. The molecule has 1 N–H and O–H groups in total. The number of nitrogens with zero attached hydrogens (tertiary/aromatic N) is 1. The standard InChI is InChI=1S/C16H21FN2/c1-12(2)13-7-9-16(11-18,10-8-13)19-15-6-4-3-5-14(15)17/h3-6,12-13,19H,7-10H2,1-2H3. The number of nitrogens with one attached hydrogen (secondary N) is 1. The Morgan fingerprint density at radius 3 is 2.47 bits per heavy atom. The fourth-order valence-corrected chi connectivity index (χ4v) is 2.88. The zero-order valence-corrected chi connectivity index (χ0v) is 11.6. The van der Waals surface area contributed by atoms with Crippen LogP contribution in [0.3, 0.4) is 0 Å². The van der Waals surface area contributed by atoms with Crippen molar-refractivity contribution in [1.29, 1.82) is 5.26 Å². The summed E-state index contributed by atoms with van der Waals surface area (Å²) in [5, 5.41) is 12.6. The van der Waals surface area contributed by atoms with Gasteiger partial charge in [-0.05, 0) is 49.7 Å². The van der Waals surface area contributed by atoms with Gasteiger partial charge in [0.05, 0.1) is 11.8 Å². The Kier molecular flexibility index (Phi) is 4.09. The summed E-state index contributed by atoms with van der Waals surface area (Å²) >= 11 is 0. The van der Waals surface area contributed by atoms with E-state index in [0.717, 1.165) is 25.7 Å². The molecule has 0 atom stereocenters. The SMILES string of the molecule is CC(C)C1CCC(C#N)(Nc2ccccc2F)CC1. The smallest absolute Gasteiger partial charge is 0.146 e. The minimum absolute atomic E-state index is 0.289. The van der Waals surface area contributed by atoms with Gasteiger partial charge in [-0.15, -0.1) is 0 Å². The second kappa shape index (κ2) is 5.61. The van der Waals surface area contributed by atoms with Gasteiger partial charge in [0, 0.05) is 0 Å². The number of hydrogen-bond acceptors (Lipinski definition) is 2. The average Bonchev–Trinajstić information content (AvgIpc) is 2.42. The molecule has 0 saturated heterocycles. The molecule has 0 aromatic heterocycles. The highest BCUT2D eigenvalue weighted by atomic mass is 19.1. The Balaban J connectivity index is 2.10. The third kappa shape index (κ3) is 3.07. The first-order valence-electron chi connectivity index (χ1n) is 7.00. The lowest BCUT2D eigenvalue weighted by molar-refractivity contribution is 0.239. The molecule has 0 heterocycles. The van der Waals surface area contributed by atoms with Crippen molar-refractivity contribution in [2.24, 2.45) is 11.8 Å². The van der Waals surface area contributed by atoms with Crippen molar-refractivity contribution in [1.82, 2.24) is 0 Å². The summed E-state index contributed by atoms with van der Waals surface area (Å²) in [5.41, 5.74) is -0.167. The Bertz CT molecular complexity index is 468. The number of anilines is 1. The number of nitriles is 1. The fourth-order valence-electron chi connectivity index (χ4n) is 2.88. The molecule has 0 spiro atoms. The van der Waals surface area contributed by atoms with Crippen LogP contribution in [-0.2, 0) is 0 Å². The molecule has 3 heteroatoms. The van der Waals surface area contributed by atoms with Gasteiger partial charge in [0.2, 0.25) is 0 Å². The van der Waals surface area contributed by atoms with Crippen LogP contribution in [0.2, 0.25) is 0 Å². The third-order valence-electron chi connectivity index (χ3n) is 4.29. The molecule has 0 radical (unpaired) electrons. The van der Waals surface area contributed by atoms with Gasteiger partial charge in [-0.3, -0.25) is 0 Å². The number of benzene rings is 1. The second-order valence-electron chi connectivity index (χ2n) is 5.88. The van der Waals surface area contributed by atoms with Crippen LogP contribution in [-0.4, -0.2) is 5.54 Å². The average molecular weight is 260 g/mol. The first-order valence-corrected chi connectivity index (χ1v) is 7.00. The number of para-hydroxylation sites is 1. The first kappa shape index (κ1) is 13.9. The lowest BCUT2D eigenvalue weighted by atomic mass is 9.73. The predicted octanol–water partition coefficient (Wildman–Crippen LogP) is 4.35. The monoisotopic (exact) mass is 260 g/mol. The van der Waals surface area contributed by atoms with Crippen LogP contribution in [0.5, 0.6) is 0 Å². The van der Waals surface area contributed by atoms with Crippen LogP contribution in [0, 0.1) is 29.0 Å². The zero-order chi connectivity index (χ0) is 13.9. The summed E-state index contributed by atoms with van der Waals surface area (Å²) in [5.74, 6) is 1.05. The van der Waals surface area contributed by atoms with E-state index in [1.165, 1.54) is 6.07 Å². The van der Waals surface area contributed by atoms with E-state index in [-0.39, 0.29) is 5.82 Å². The summed E-state index contributed by atoms with van der Waals surface area (Å²) in [6, 6.07) is 8.95. The summed E-state index contributed by atoms with van der Waals surface area (Å²) in [4.78, 5) is 0. The van der Waals surface area contributed by atoms with Crippen molar-refractivity contribution in [2.75, 3.05) is 5.32 Å². The van der Waals surface area contributed by atoms with Crippen molar-refractivity contribution in [3.05, 3.63) is 30.1 Å². The molecule has 0 bridgehead atoms. The quantitative estimate of drug-likeness (QED) is 0.877. The summed E-state index contributed by atoms with van der Waals surface area (Å²) < 4.78 is 13.7. The molecular weight excluding hydrogens is 239 g/mol.